The molecule has 0 bridgehead atoms. The Balaban J connectivity index is 2.09. The van der Waals surface area contributed by atoms with E-state index in [2.05, 4.69) is 5.32 Å². The first-order valence-electron chi connectivity index (χ1n) is 7.71. The topological polar surface area (TPSA) is 38.3 Å². The molecule has 0 unspecified atom stereocenters. The standard InChI is InChI=1S/C18H15F6NO2/c1-27-15-4-2-12(3-5-15)16(26)25-7-6-11-8-13(17(19,20)21)10-14(9-11)18(22,23)24/h2-5,8-10H,6-7H2,1H3,(H,25,26). The maximum Gasteiger partial charge on any atom is 0.416 e. The summed E-state index contributed by atoms with van der Waals surface area (Å²) in [5.74, 6) is 0.0378. The van der Waals surface area contributed by atoms with E-state index in [0.29, 0.717) is 17.9 Å². The number of amides is 1. The molecule has 0 aliphatic heterocycles. The number of benzene rings is 2. The van der Waals surface area contributed by atoms with E-state index in [-0.39, 0.29) is 30.2 Å². The first-order valence-corrected chi connectivity index (χ1v) is 7.71. The average molecular weight is 391 g/mol. The number of halogens is 6. The Morgan fingerprint density at radius 3 is 1.89 bits per heavy atom. The van der Waals surface area contributed by atoms with E-state index in [1.165, 1.54) is 19.2 Å². The van der Waals surface area contributed by atoms with Crippen LogP contribution in [-0.4, -0.2) is 19.6 Å². The second-order valence-corrected chi connectivity index (χ2v) is 5.65. The first-order chi connectivity index (χ1) is 12.5. The lowest BCUT2D eigenvalue weighted by atomic mass is 10.0. The smallest absolute Gasteiger partial charge is 0.416 e. The zero-order chi connectivity index (χ0) is 20.2. The van der Waals surface area contributed by atoms with Crippen LogP contribution < -0.4 is 10.1 Å². The van der Waals surface area contributed by atoms with Crippen molar-refractivity contribution in [1.82, 2.24) is 5.32 Å². The molecule has 0 saturated heterocycles. The van der Waals surface area contributed by atoms with E-state index >= 15 is 0 Å². The van der Waals surface area contributed by atoms with Crippen molar-refractivity contribution >= 4 is 5.91 Å². The second-order valence-electron chi connectivity index (χ2n) is 5.65. The molecule has 1 N–H and O–H groups in total. The molecule has 146 valence electrons. The van der Waals surface area contributed by atoms with Gasteiger partial charge in [0.05, 0.1) is 18.2 Å². The molecule has 1 amide bonds. The van der Waals surface area contributed by atoms with Gasteiger partial charge in [0.2, 0.25) is 0 Å². The third-order valence-electron chi connectivity index (χ3n) is 3.70. The number of ether oxygens (including phenoxy) is 1. The lowest BCUT2D eigenvalue weighted by molar-refractivity contribution is -0.143. The van der Waals surface area contributed by atoms with Gasteiger partial charge in [-0.25, -0.2) is 0 Å². The van der Waals surface area contributed by atoms with Gasteiger partial charge in [-0.2, -0.15) is 26.3 Å². The zero-order valence-electron chi connectivity index (χ0n) is 14.0. The lowest BCUT2D eigenvalue weighted by Gasteiger charge is -2.14. The van der Waals surface area contributed by atoms with Gasteiger partial charge in [-0.15, -0.1) is 0 Å². The second kappa shape index (κ2) is 7.89. The summed E-state index contributed by atoms with van der Waals surface area (Å²) in [6.45, 7) is -0.122. The Kier molecular flexibility index (Phi) is 6.02. The van der Waals surface area contributed by atoms with E-state index in [1.807, 2.05) is 0 Å². The number of carbonyl (C=O) groups is 1. The predicted molar refractivity (Wildman–Crippen MR) is 85.5 cm³/mol. The highest BCUT2D eigenvalue weighted by Crippen LogP contribution is 2.36. The third kappa shape index (κ3) is 5.63. The van der Waals surface area contributed by atoms with E-state index in [9.17, 15) is 31.1 Å². The summed E-state index contributed by atoms with van der Waals surface area (Å²) >= 11 is 0. The minimum absolute atomic E-state index is 0.0689. The molecule has 0 radical (unpaired) electrons. The maximum atomic E-state index is 12.8. The molecule has 0 fully saturated rings. The molecule has 3 nitrogen and oxygen atoms in total. The molecule has 2 rings (SSSR count). The fraction of sp³-hybridized carbons (Fsp3) is 0.278. The van der Waals surface area contributed by atoms with Crippen LogP contribution in [0.5, 0.6) is 5.75 Å². The number of nitrogens with one attached hydrogen (secondary N) is 1. The summed E-state index contributed by atoms with van der Waals surface area (Å²) in [6.07, 6.45) is -9.99. The van der Waals surface area contributed by atoms with Crippen molar-refractivity contribution < 1.29 is 35.9 Å². The van der Waals surface area contributed by atoms with E-state index in [1.54, 1.807) is 12.1 Å². The normalized spacial score (nSPS) is 12.0. The van der Waals surface area contributed by atoms with Gasteiger partial charge in [0.1, 0.15) is 5.75 Å². The molecule has 0 spiro atoms. The number of hydrogen-bond acceptors (Lipinski definition) is 2. The van der Waals surface area contributed by atoms with Crippen molar-refractivity contribution in [2.24, 2.45) is 0 Å². The van der Waals surface area contributed by atoms with Crippen LogP contribution in [-0.2, 0) is 18.8 Å². The van der Waals surface area contributed by atoms with Gasteiger partial charge in [-0.3, -0.25) is 4.79 Å². The highest BCUT2D eigenvalue weighted by Gasteiger charge is 2.36. The molecule has 0 aliphatic carbocycles. The average Bonchev–Trinajstić information content (AvgIpc) is 2.60. The summed E-state index contributed by atoms with van der Waals surface area (Å²) < 4.78 is 81.9. The molecular weight excluding hydrogens is 376 g/mol. The largest absolute Gasteiger partial charge is 0.497 e. The zero-order valence-corrected chi connectivity index (χ0v) is 14.0. The summed E-state index contributed by atoms with van der Waals surface area (Å²) in [6, 6.07) is 7.44. The lowest BCUT2D eigenvalue weighted by Crippen LogP contribution is -2.25. The van der Waals surface area contributed by atoms with Crippen LogP contribution >= 0.6 is 0 Å². The monoisotopic (exact) mass is 391 g/mol. The Morgan fingerprint density at radius 1 is 0.926 bits per heavy atom. The van der Waals surface area contributed by atoms with E-state index in [0.717, 1.165) is 0 Å². The minimum Gasteiger partial charge on any atom is -0.497 e. The van der Waals surface area contributed by atoms with Crippen LogP contribution in [0.25, 0.3) is 0 Å². The van der Waals surface area contributed by atoms with Gasteiger partial charge < -0.3 is 10.1 Å². The van der Waals surface area contributed by atoms with E-state index in [4.69, 9.17) is 4.74 Å². The summed E-state index contributed by atoms with van der Waals surface area (Å²) in [5.41, 5.74) is -2.65. The van der Waals surface area contributed by atoms with Gasteiger partial charge in [-0.05, 0) is 54.4 Å². The molecular formula is C18H15F6NO2. The third-order valence-corrected chi connectivity index (χ3v) is 3.70. The summed E-state index contributed by atoms with van der Waals surface area (Å²) in [4.78, 5) is 12.0. The highest BCUT2D eigenvalue weighted by atomic mass is 19.4. The van der Waals surface area contributed by atoms with Crippen molar-refractivity contribution in [3.8, 4) is 5.75 Å². The van der Waals surface area contributed by atoms with Gasteiger partial charge in [0, 0.05) is 12.1 Å². The molecule has 0 saturated carbocycles. The van der Waals surface area contributed by atoms with E-state index < -0.39 is 29.4 Å². The molecule has 0 aliphatic rings. The molecule has 2 aromatic carbocycles. The van der Waals surface area contributed by atoms with Crippen LogP contribution in [0.4, 0.5) is 26.3 Å². The van der Waals surface area contributed by atoms with Crippen molar-refractivity contribution in [2.75, 3.05) is 13.7 Å². The molecule has 27 heavy (non-hydrogen) atoms. The minimum atomic E-state index is -4.90. The van der Waals surface area contributed by atoms with Gasteiger partial charge in [0.25, 0.3) is 5.91 Å². The predicted octanol–water partition coefficient (Wildman–Crippen LogP) is 4.71. The van der Waals surface area contributed by atoms with Crippen molar-refractivity contribution in [1.29, 1.82) is 0 Å². The van der Waals surface area contributed by atoms with Crippen LogP contribution in [0, 0.1) is 0 Å². The Hall–Kier alpha value is -2.71. The van der Waals surface area contributed by atoms with Crippen LogP contribution in [0.1, 0.15) is 27.0 Å². The van der Waals surface area contributed by atoms with Crippen molar-refractivity contribution in [2.45, 2.75) is 18.8 Å². The maximum absolute atomic E-state index is 12.8. The number of methoxy groups -OCH3 is 1. The Bertz CT molecular complexity index is 765. The van der Waals surface area contributed by atoms with Crippen molar-refractivity contribution in [3.05, 3.63) is 64.7 Å². The van der Waals surface area contributed by atoms with Gasteiger partial charge >= 0.3 is 12.4 Å². The number of hydrogen-bond donors (Lipinski definition) is 1. The molecule has 9 heteroatoms. The van der Waals surface area contributed by atoms with Gasteiger partial charge in [-0.1, -0.05) is 0 Å². The molecule has 2 aromatic rings. The summed E-state index contributed by atoms with van der Waals surface area (Å²) in [5, 5.41) is 2.46. The number of carbonyl (C=O) groups excluding carboxylic acids is 1. The Morgan fingerprint density at radius 2 is 1.44 bits per heavy atom. The fourth-order valence-corrected chi connectivity index (χ4v) is 2.33. The van der Waals surface area contributed by atoms with Crippen LogP contribution in [0.3, 0.4) is 0 Å². The molecule has 0 aromatic heterocycles. The quantitative estimate of drug-likeness (QED) is 0.750. The van der Waals surface area contributed by atoms with Crippen LogP contribution in [0.15, 0.2) is 42.5 Å². The van der Waals surface area contributed by atoms with Crippen LogP contribution in [0.2, 0.25) is 0 Å². The fourth-order valence-electron chi connectivity index (χ4n) is 2.33. The SMILES string of the molecule is COc1ccc(C(=O)NCCc2cc(C(F)(F)F)cc(C(F)(F)F)c2)cc1. The highest BCUT2D eigenvalue weighted by molar-refractivity contribution is 5.94. The summed E-state index contributed by atoms with van der Waals surface area (Å²) in [7, 11) is 1.46. The molecule has 0 atom stereocenters. The number of alkyl halides is 6. The van der Waals surface area contributed by atoms with Gasteiger partial charge in [0.15, 0.2) is 0 Å². The van der Waals surface area contributed by atoms with Crippen molar-refractivity contribution in [3.63, 3.8) is 0 Å². The molecule has 0 heterocycles. The first kappa shape index (κ1) is 20.6. The Labute approximate surface area is 150 Å². The number of rotatable bonds is 5.